The molecule has 0 saturated carbocycles. The van der Waals surface area contributed by atoms with Crippen LogP contribution < -0.4 is 0 Å². The second-order valence-corrected chi connectivity index (χ2v) is 8.26. The van der Waals surface area contributed by atoms with Crippen molar-refractivity contribution in [2.45, 2.75) is 37.8 Å². The number of aryl methyl sites for hydroxylation is 3. The molecule has 0 bridgehead atoms. The third-order valence-corrected chi connectivity index (χ3v) is 5.86. The first-order valence-electron chi connectivity index (χ1n) is 8.89. The Morgan fingerprint density at radius 2 is 1.68 bits per heavy atom. The lowest BCUT2D eigenvalue weighted by Gasteiger charge is -2.11. The molecule has 0 fully saturated rings. The van der Waals surface area contributed by atoms with E-state index >= 15 is 0 Å². The number of nitrogens with zero attached hydrogens (tertiary/aromatic N) is 1. The summed E-state index contributed by atoms with van der Waals surface area (Å²) in [5.41, 5.74) is 8.12. The Kier molecular flexibility index (Phi) is 5.55. The average Bonchev–Trinajstić information content (AvgIpc) is 2.90. The third kappa shape index (κ3) is 4.28. The quantitative estimate of drug-likeness (QED) is 0.592. The number of benzene rings is 2. The van der Waals surface area contributed by atoms with Crippen molar-refractivity contribution >= 4 is 22.7 Å². The van der Waals surface area contributed by atoms with Gasteiger partial charge in [0.05, 0.1) is 0 Å². The fourth-order valence-corrected chi connectivity index (χ4v) is 4.34. The fourth-order valence-electron chi connectivity index (χ4n) is 3.14. The van der Waals surface area contributed by atoms with Gasteiger partial charge in [-0.1, -0.05) is 29.3 Å². The van der Waals surface area contributed by atoms with Gasteiger partial charge in [0.15, 0.2) is 0 Å². The first-order valence-corrected chi connectivity index (χ1v) is 9.87. The first-order chi connectivity index (χ1) is 11.9. The van der Waals surface area contributed by atoms with Crippen molar-refractivity contribution in [3.05, 3.63) is 64.3 Å². The highest BCUT2D eigenvalue weighted by Crippen LogP contribution is 2.32. The molecule has 1 N–H and O–H groups in total. The number of rotatable bonds is 6. The van der Waals surface area contributed by atoms with E-state index in [0.717, 1.165) is 18.7 Å². The van der Waals surface area contributed by atoms with Crippen LogP contribution in [0, 0.1) is 20.8 Å². The van der Waals surface area contributed by atoms with Crippen molar-refractivity contribution in [3.63, 3.8) is 0 Å². The Balaban J connectivity index is 1.93. The molecular formula is C22H28N2S. The summed E-state index contributed by atoms with van der Waals surface area (Å²) in [6, 6.07) is 13.5. The van der Waals surface area contributed by atoms with Gasteiger partial charge in [-0.2, -0.15) is 0 Å². The molecule has 0 amide bonds. The number of aromatic amines is 1. The number of hydrogen-bond acceptors (Lipinski definition) is 2. The van der Waals surface area contributed by atoms with E-state index in [0.29, 0.717) is 0 Å². The summed E-state index contributed by atoms with van der Waals surface area (Å²) in [4.78, 5) is 7.31. The Labute approximate surface area is 155 Å². The number of fused-ring (bicyclic) bond motifs is 1. The van der Waals surface area contributed by atoms with Gasteiger partial charge in [-0.3, -0.25) is 0 Å². The molecule has 0 unspecified atom stereocenters. The summed E-state index contributed by atoms with van der Waals surface area (Å²) < 4.78 is 0. The highest BCUT2D eigenvalue weighted by atomic mass is 32.2. The van der Waals surface area contributed by atoms with Gasteiger partial charge in [0.2, 0.25) is 0 Å². The van der Waals surface area contributed by atoms with Crippen LogP contribution in [0.25, 0.3) is 10.9 Å². The van der Waals surface area contributed by atoms with Crippen LogP contribution in [-0.2, 0) is 12.2 Å². The van der Waals surface area contributed by atoms with Gasteiger partial charge < -0.3 is 9.88 Å². The molecule has 1 heterocycles. The summed E-state index contributed by atoms with van der Waals surface area (Å²) in [6.07, 6.45) is 1.06. The molecule has 0 spiro atoms. The molecule has 3 aromatic rings. The molecule has 0 saturated heterocycles. The smallest absolute Gasteiger partial charge is 0.0459 e. The standard InChI is InChI=1S/C22H28N2S/c1-15-7-9-20-18(12-15)19(21(23-20)10-11-24(4)5)14-25-22-13-16(2)6-8-17(22)3/h6-9,12-13,23H,10-11,14H2,1-5H3. The van der Waals surface area contributed by atoms with Crippen molar-refractivity contribution in [1.82, 2.24) is 9.88 Å². The van der Waals surface area contributed by atoms with Crippen molar-refractivity contribution in [3.8, 4) is 0 Å². The summed E-state index contributed by atoms with van der Waals surface area (Å²) in [7, 11) is 4.27. The van der Waals surface area contributed by atoms with Crippen LogP contribution in [0.15, 0.2) is 41.3 Å². The van der Waals surface area contributed by atoms with Crippen molar-refractivity contribution in [2.75, 3.05) is 20.6 Å². The summed E-state index contributed by atoms with van der Waals surface area (Å²) in [6.45, 7) is 7.61. The molecule has 3 heteroatoms. The van der Waals surface area contributed by atoms with E-state index in [9.17, 15) is 0 Å². The zero-order valence-corrected chi connectivity index (χ0v) is 16.8. The summed E-state index contributed by atoms with van der Waals surface area (Å²) in [5.74, 6) is 1.01. The molecule has 132 valence electrons. The van der Waals surface area contributed by atoms with Crippen LogP contribution in [-0.4, -0.2) is 30.5 Å². The second-order valence-electron chi connectivity index (χ2n) is 7.24. The van der Waals surface area contributed by atoms with Crippen molar-refractivity contribution in [2.24, 2.45) is 0 Å². The minimum Gasteiger partial charge on any atom is -0.358 e. The zero-order valence-electron chi connectivity index (χ0n) is 15.9. The summed E-state index contributed by atoms with van der Waals surface area (Å²) >= 11 is 1.95. The van der Waals surface area contributed by atoms with Gasteiger partial charge in [0, 0.05) is 40.2 Å². The Morgan fingerprint density at radius 3 is 2.44 bits per heavy atom. The van der Waals surface area contributed by atoms with E-state index in [1.165, 1.54) is 43.7 Å². The topological polar surface area (TPSA) is 19.0 Å². The van der Waals surface area contributed by atoms with E-state index in [4.69, 9.17) is 0 Å². The Morgan fingerprint density at radius 1 is 0.960 bits per heavy atom. The number of thioether (sulfide) groups is 1. The van der Waals surface area contributed by atoms with Crippen LogP contribution >= 0.6 is 11.8 Å². The molecular weight excluding hydrogens is 324 g/mol. The number of aromatic nitrogens is 1. The van der Waals surface area contributed by atoms with E-state index in [2.05, 4.69) is 81.1 Å². The van der Waals surface area contributed by atoms with Gasteiger partial charge in [-0.25, -0.2) is 0 Å². The zero-order chi connectivity index (χ0) is 18.0. The molecule has 0 aliphatic carbocycles. The van der Waals surface area contributed by atoms with Crippen LogP contribution in [0.5, 0.6) is 0 Å². The number of hydrogen-bond donors (Lipinski definition) is 1. The average molecular weight is 353 g/mol. The maximum atomic E-state index is 3.67. The van der Waals surface area contributed by atoms with Gasteiger partial charge >= 0.3 is 0 Å². The molecule has 2 nitrogen and oxygen atoms in total. The second kappa shape index (κ2) is 7.67. The van der Waals surface area contributed by atoms with Crippen LogP contribution in [0.1, 0.15) is 27.9 Å². The predicted octanol–water partition coefficient (Wildman–Crippen LogP) is 5.49. The van der Waals surface area contributed by atoms with Crippen LogP contribution in [0.2, 0.25) is 0 Å². The number of H-pyrrole nitrogens is 1. The highest BCUT2D eigenvalue weighted by Gasteiger charge is 2.13. The lowest BCUT2D eigenvalue weighted by molar-refractivity contribution is 0.412. The Bertz CT molecular complexity index is 877. The minimum absolute atomic E-state index is 1.01. The SMILES string of the molecule is Cc1ccc(C)c(SCc2c(CCN(C)C)[nH]c3ccc(C)cc23)c1. The minimum atomic E-state index is 1.01. The van der Waals surface area contributed by atoms with Crippen molar-refractivity contribution < 1.29 is 0 Å². The molecule has 3 rings (SSSR count). The molecule has 0 aliphatic heterocycles. The Hall–Kier alpha value is -1.71. The van der Waals surface area contributed by atoms with Gasteiger partial charge in [0.25, 0.3) is 0 Å². The molecule has 0 radical (unpaired) electrons. The molecule has 2 aromatic carbocycles. The normalized spacial score (nSPS) is 11.6. The lowest BCUT2D eigenvalue weighted by atomic mass is 10.1. The van der Waals surface area contributed by atoms with Crippen LogP contribution in [0.3, 0.4) is 0 Å². The van der Waals surface area contributed by atoms with Gasteiger partial charge in [0.1, 0.15) is 0 Å². The third-order valence-electron chi connectivity index (χ3n) is 4.67. The number of nitrogens with one attached hydrogen (secondary N) is 1. The maximum absolute atomic E-state index is 3.67. The largest absolute Gasteiger partial charge is 0.358 e. The van der Waals surface area contributed by atoms with Gasteiger partial charge in [-0.15, -0.1) is 11.8 Å². The fraction of sp³-hybridized carbons (Fsp3) is 0.364. The predicted molar refractivity (Wildman–Crippen MR) is 111 cm³/mol. The van der Waals surface area contributed by atoms with E-state index < -0.39 is 0 Å². The highest BCUT2D eigenvalue weighted by molar-refractivity contribution is 7.98. The molecule has 1 aromatic heterocycles. The van der Waals surface area contributed by atoms with E-state index in [1.807, 2.05) is 11.8 Å². The van der Waals surface area contributed by atoms with Gasteiger partial charge in [-0.05, 0) is 64.2 Å². The molecule has 0 aliphatic rings. The monoisotopic (exact) mass is 352 g/mol. The lowest BCUT2D eigenvalue weighted by Crippen LogP contribution is -2.15. The number of likely N-dealkylation sites (N-methyl/N-ethyl adjacent to an activating group) is 1. The maximum Gasteiger partial charge on any atom is 0.0459 e. The first kappa shape index (κ1) is 18.1. The van der Waals surface area contributed by atoms with Crippen molar-refractivity contribution in [1.29, 1.82) is 0 Å². The van der Waals surface area contributed by atoms with E-state index in [-0.39, 0.29) is 0 Å². The molecule has 25 heavy (non-hydrogen) atoms. The summed E-state index contributed by atoms with van der Waals surface area (Å²) in [5, 5.41) is 1.38. The van der Waals surface area contributed by atoms with Crippen LogP contribution in [0.4, 0.5) is 0 Å². The molecule has 0 atom stereocenters. The van der Waals surface area contributed by atoms with E-state index in [1.54, 1.807) is 0 Å².